The van der Waals surface area contributed by atoms with Crippen LogP contribution in [0.2, 0.25) is 5.02 Å². The third-order valence-electron chi connectivity index (χ3n) is 4.69. The first-order valence-electron chi connectivity index (χ1n) is 10.7. The molecule has 0 spiro atoms. The molecule has 186 valence electrons. The fourth-order valence-electron chi connectivity index (χ4n) is 2.90. The summed E-state index contributed by atoms with van der Waals surface area (Å²) in [6, 6.07) is 14.8. The lowest BCUT2D eigenvalue weighted by molar-refractivity contribution is -0.384. The van der Waals surface area contributed by atoms with E-state index in [-0.39, 0.29) is 29.4 Å². The fraction of sp³-hybridized carbons (Fsp3) is 0.160. The maximum absolute atomic E-state index is 12.4. The van der Waals surface area contributed by atoms with E-state index in [2.05, 4.69) is 10.5 Å². The van der Waals surface area contributed by atoms with Crippen molar-refractivity contribution >= 4 is 35.4 Å². The Balaban J connectivity index is 1.60. The van der Waals surface area contributed by atoms with E-state index >= 15 is 0 Å². The van der Waals surface area contributed by atoms with Gasteiger partial charge in [-0.2, -0.15) is 5.10 Å². The number of hydrogen-bond acceptors (Lipinski definition) is 8. The third kappa shape index (κ3) is 7.28. The van der Waals surface area contributed by atoms with Gasteiger partial charge in [0.05, 0.1) is 23.3 Å². The number of hydrogen-bond donors (Lipinski definition) is 1. The molecule has 3 rings (SSSR count). The molecule has 0 heterocycles. The highest BCUT2D eigenvalue weighted by atomic mass is 35.5. The highest BCUT2D eigenvalue weighted by Crippen LogP contribution is 2.29. The van der Waals surface area contributed by atoms with Gasteiger partial charge in [0.15, 0.2) is 18.1 Å². The number of ether oxygens (including phenoxy) is 3. The summed E-state index contributed by atoms with van der Waals surface area (Å²) in [5.41, 5.74) is 3.78. The number of nitrogens with one attached hydrogen (secondary N) is 1. The minimum Gasteiger partial charge on any atom is -0.490 e. The van der Waals surface area contributed by atoms with Gasteiger partial charge < -0.3 is 14.2 Å². The zero-order chi connectivity index (χ0) is 26.1. The van der Waals surface area contributed by atoms with Gasteiger partial charge >= 0.3 is 5.97 Å². The number of hydrazone groups is 1. The van der Waals surface area contributed by atoms with Gasteiger partial charge in [-0.05, 0) is 73.5 Å². The highest BCUT2D eigenvalue weighted by molar-refractivity contribution is 6.31. The first-order valence-corrected chi connectivity index (χ1v) is 11.1. The van der Waals surface area contributed by atoms with E-state index in [1.807, 2.05) is 6.92 Å². The number of halogens is 1. The quantitative estimate of drug-likeness (QED) is 0.137. The van der Waals surface area contributed by atoms with Crippen molar-refractivity contribution in [3.05, 3.63) is 92.5 Å². The number of rotatable bonds is 10. The van der Waals surface area contributed by atoms with Crippen molar-refractivity contribution < 1.29 is 28.7 Å². The van der Waals surface area contributed by atoms with Gasteiger partial charge in [-0.1, -0.05) is 11.6 Å². The number of nitrogens with zero attached hydrogens (tertiary/aromatic N) is 2. The van der Waals surface area contributed by atoms with Crippen LogP contribution in [-0.4, -0.2) is 36.2 Å². The molecule has 0 saturated carbocycles. The van der Waals surface area contributed by atoms with Crippen molar-refractivity contribution in [3.8, 4) is 17.2 Å². The number of esters is 1. The van der Waals surface area contributed by atoms with Gasteiger partial charge in [-0.25, -0.2) is 10.2 Å². The Labute approximate surface area is 211 Å². The molecule has 10 nitrogen and oxygen atoms in total. The summed E-state index contributed by atoms with van der Waals surface area (Å²) < 4.78 is 16.4. The number of nitro benzene ring substituents is 1. The molecule has 0 saturated heterocycles. The zero-order valence-corrected chi connectivity index (χ0v) is 20.2. The van der Waals surface area contributed by atoms with Crippen LogP contribution in [0.15, 0.2) is 65.8 Å². The molecule has 11 heteroatoms. The number of aryl methyl sites for hydroxylation is 1. The second kappa shape index (κ2) is 12.3. The highest BCUT2D eigenvalue weighted by Gasteiger charge is 2.15. The largest absolute Gasteiger partial charge is 0.490 e. The van der Waals surface area contributed by atoms with Gasteiger partial charge in [-0.3, -0.25) is 14.9 Å². The van der Waals surface area contributed by atoms with E-state index in [4.69, 9.17) is 25.8 Å². The molecule has 0 aliphatic carbocycles. The summed E-state index contributed by atoms with van der Waals surface area (Å²) in [5, 5.41) is 15.3. The van der Waals surface area contributed by atoms with Crippen molar-refractivity contribution in [2.45, 2.75) is 13.8 Å². The van der Waals surface area contributed by atoms with E-state index in [9.17, 15) is 19.7 Å². The predicted molar refractivity (Wildman–Crippen MR) is 133 cm³/mol. The first kappa shape index (κ1) is 26.2. The van der Waals surface area contributed by atoms with Crippen LogP contribution in [0.25, 0.3) is 0 Å². The van der Waals surface area contributed by atoms with Crippen LogP contribution in [-0.2, 0) is 4.79 Å². The number of carbonyl (C=O) groups excluding carboxylic acids is 2. The van der Waals surface area contributed by atoms with Crippen LogP contribution in [0.5, 0.6) is 17.2 Å². The molecule has 0 radical (unpaired) electrons. The average molecular weight is 512 g/mol. The van der Waals surface area contributed by atoms with Crippen LogP contribution in [0, 0.1) is 17.0 Å². The molecule has 0 bridgehead atoms. The molecule has 0 fully saturated rings. The van der Waals surface area contributed by atoms with Crippen LogP contribution < -0.4 is 19.6 Å². The predicted octanol–water partition coefficient (Wildman–Crippen LogP) is 4.70. The Bertz CT molecular complexity index is 1290. The van der Waals surface area contributed by atoms with Crippen LogP contribution >= 0.6 is 11.6 Å². The van der Waals surface area contributed by atoms with E-state index in [1.54, 1.807) is 37.3 Å². The molecule has 0 aliphatic rings. The summed E-state index contributed by atoms with van der Waals surface area (Å²) in [6.07, 6.45) is 1.40. The maximum Gasteiger partial charge on any atom is 0.343 e. The molecule has 36 heavy (non-hydrogen) atoms. The Kier molecular flexibility index (Phi) is 8.95. The van der Waals surface area contributed by atoms with Crippen LogP contribution in [0.1, 0.15) is 28.4 Å². The molecular formula is C25H22ClN3O7. The van der Waals surface area contributed by atoms with E-state index < -0.39 is 16.8 Å². The fourth-order valence-corrected chi connectivity index (χ4v) is 3.02. The van der Waals surface area contributed by atoms with Gasteiger partial charge in [0.25, 0.3) is 11.6 Å². The maximum atomic E-state index is 12.4. The third-order valence-corrected chi connectivity index (χ3v) is 5.11. The smallest absolute Gasteiger partial charge is 0.343 e. The van der Waals surface area contributed by atoms with Crippen molar-refractivity contribution in [2.24, 2.45) is 5.10 Å². The number of carbonyl (C=O) groups is 2. The van der Waals surface area contributed by atoms with Gasteiger partial charge in [0.1, 0.15) is 5.75 Å². The molecule has 3 aromatic rings. The topological polar surface area (TPSA) is 129 Å². The lowest BCUT2D eigenvalue weighted by Gasteiger charge is -2.11. The lowest BCUT2D eigenvalue weighted by atomic mass is 10.2. The lowest BCUT2D eigenvalue weighted by Crippen LogP contribution is -2.24. The molecule has 0 atom stereocenters. The van der Waals surface area contributed by atoms with Crippen molar-refractivity contribution in [1.29, 1.82) is 0 Å². The summed E-state index contributed by atoms with van der Waals surface area (Å²) in [6.45, 7) is 3.67. The Morgan fingerprint density at radius 1 is 1.06 bits per heavy atom. The van der Waals surface area contributed by atoms with Gasteiger partial charge in [0, 0.05) is 17.2 Å². The summed E-state index contributed by atoms with van der Waals surface area (Å²) in [5.74, 6) is -0.207. The van der Waals surface area contributed by atoms with Crippen molar-refractivity contribution in [3.63, 3.8) is 0 Å². The zero-order valence-electron chi connectivity index (χ0n) is 19.4. The second-order valence-corrected chi connectivity index (χ2v) is 7.73. The van der Waals surface area contributed by atoms with Crippen LogP contribution in [0.4, 0.5) is 5.69 Å². The first-order chi connectivity index (χ1) is 17.3. The van der Waals surface area contributed by atoms with E-state index in [0.717, 1.165) is 5.56 Å². The minimum absolute atomic E-state index is 0.135. The molecule has 1 N–H and O–H groups in total. The molecular weight excluding hydrogens is 490 g/mol. The average Bonchev–Trinajstić information content (AvgIpc) is 2.86. The Morgan fingerprint density at radius 3 is 2.47 bits per heavy atom. The summed E-state index contributed by atoms with van der Waals surface area (Å²) in [4.78, 5) is 34.7. The van der Waals surface area contributed by atoms with E-state index in [1.165, 1.54) is 36.5 Å². The SMILES string of the molecule is CCOc1cc(/C=N\NC(=O)COc2ccc(Cl)c(C)c2)ccc1OC(=O)c1ccc([N+](=O)[O-])cc1. The standard InChI is InChI=1S/C25H22ClN3O7/c1-3-34-23-13-17(14-27-28-24(30)15-35-20-9-10-21(26)16(2)12-20)4-11-22(23)36-25(31)18-5-7-19(8-6-18)29(32)33/h4-14H,3,15H2,1-2H3,(H,28,30)/b27-14-. The van der Waals surface area contributed by atoms with E-state index in [0.29, 0.717) is 22.9 Å². The van der Waals surface area contributed by atoms with Crippen LogP contribution in [0.3, 0.4) is 0 Å². The number of non-ortho nitro benzene ring substituents is 1. The molecule has 0 unspecified atom stereocenters. The number of benzene rings is 3. The minimum atomic E-state index is -0.699. The summed E-state index contributed by atoms with van der Waals surface area (Å²) in [7, 11) is 0. The van der Waals surface area contributed by atoms with Gasteiger partial charge in [0.2, 0.25) is 0 Å². The normalized spacial score (nSPS) is 10.6. The molecule has 0 aliphatic heterocycles. The van der Waals surface area contributed by atoms with Crippen molar-refractivity contribution in [2.75, 3.05) is 13.2 Å². The Morgan fingerprint density at radius 2 is 1.81 bits per heavy atom. The monoisotopic (exact) mass is 511 g/mol. The molecule has 3 aromatic carbocycles. The second-order valence-electron chi connectivity index (χ2n) is 7.33. The molecule has 0 aromatic heterocycles. The number of amides is 1. The van der Waals surface area contributed by atoms with Gasteiger partial charge in [-0.15, -0.1) is 0 Å². The Hall–Kier alpha value is -4.44. The summed E-state index contributed by atoms with van der Waals surface area (Å²) >= 11 is 5.97. The molecule has 1 amide bonds. The van der Waals surface area contributed by atoms with Crippen molar-refractivity contribution in [1.82, 2.24) is 5.43 Å². The number of nitro groups is 1.